The molecule has 2 rings (SSSR count). The number of rotatable bonds is 4. The maximum Gasteiger partial charge on any atom is 0.177 e. The second-order valence-corrected chi connectivity index (χ2v) is 6.96. The summed E-state index contributed by atoms with van der Waals surface area (Å²) in [5, 5.41) is 2.14. The molecule has 0 aliphatic heterocycles. The molecule has 1 N–H and O–H groups in total. The SMILES string of the molecule is CC(C)c1c[nH]c(=S)n1CC(C)(C)c1cccs1. The standard InChI is InChI=1S/C14H20N2S2/c1-10(2)11-8-15-13(17)16(11)9-14(3,4)12-6-5-7-18-12/h5-8,10H,9H2,1-4H3,(H,15,17). The van der Waals surface area contributed by atoms with Gasteiger partial charge in [-0.2, -0.15) is 0 Å². The number of hydrogen-bond acceptors (Lipinski definition) is 2. The highest BCUT2D eigenvalue weighted by Gasteiger charge is 2.24. The average molecular weight is 280 g/mol. The van der Waals surface area contributed by atoms with Crippen molar-refractivity contribution in [3.8, 4) is 0 Å². The Morgan fingerprint density at radius 2 is 2.17 bits per heavy atom. The number of nitrogens with zero attached hydrogens (tertiary/aromatic N) is 1. The zero-order chi connectivity index (χ0) is 13.3. The highest BCUT2D eigenvalue weighted by molar-refractivity contribution is 7.71. The van der Waals surface area contributed by atoms with Crippen molar-refractivity contribution in [2.45, 2.75) is 45.6 Å². The van der Waals surface area contributed by atoms with Crippen molar-refractivity contribution in [2.24, 2.45) is 0 Å². The molecule has 0 unspecified atom stereocenters. The van der Waals surface area contributed by atoms with E-state index < -0.39 is 0 Å². The van der Waals surface area contributed by atoms with Crippen molar-refractivity contribution in [1.82, 2.24) is 9.55 Å². The molecule has 0 aliphatic rings. The van der Waals surface area contributed by atoms with Crippen LogP contribution >= 0.6 is 23.6 Å². The lowest BCUT2D eigenvalue weighted by Crippen LogP contribution is -2.24. The minimum Gasteiger partial charge on any atom is -0.337 e. The van der Waals surface area contributed by atoms with E-state index >= 15 is 0 Å². The molecule has 0 atom stereocenters. The van der Waals surface area contributed by atoms with Gasteiger partial charge >= 0.3 is 0 Å². The predicted molar refractivity (Wildman–Crippen MR) is 81.1 cm³/mol. The van der Waals surface area contributed by atoms with Crippen LogP contribution in [0.25, 0.3) is 0 Å². The summed E-state index contributed by atoms with van der Waals surface area (Å²) < 4.78 is 3.06. The van der Waals surface area contributed by atoms with E-state index in [2.05, 4.69) is 54.8 Å². The summed E-state index contributed by atoms with van der Waals surface area (Å²) in [6.07, 6.45) is 2.04. The summed E-state index contributed by atoms with van der Waals surface area (Å²) in [6.45, 7) is 9.87. The largest absolute Gasteiger partial charge is 0.337 e. The van der Waals surface area contributed by atoms with Crippen LogP contribution in [-0.4, -0.2) is 9.55 Å². The third-order valence-electron chi connectivity index (χ3n) is 3.23. The average Bonchev–Trinajstić information content (AvgIpc) is 2.89. The first-order chi connectivity index (χ1) is 8.42. The summed E-state index contributed by atoms with van der Waals surface area (Å²) in [5.41, 5.74) is 1.39. The van der Waals surface area contributed by atoms with E-state index in [9.17, 15) is 0 Å². The van der Waals surface area contributed by atoms with Crippen molar-refractivity contribution in [1.29, 1.82) is 0 Å². The molecule has 0 saturated carbocycles. The second kappa shape index (κ2) is 5.02. The molecular formula is C14H20N2S2. The molecule has 0 amide bonds. The Kier molecular flexibility index (Phi) is 3.78. The van der Waals surface area contributed by atoms with Gasteiger partial charge in [0.1, 0.15) is 0 Å². The molecule has 2 aromatic heterocycles. The fourth-order valence-electron chi connectivity index (χ4n) is 2.19. The third-order valence-corrected chi connectivity index (χ3v) is 4.81. The Morgan fingerprint density at radius 3 is 2.72 bits per heavy atom. The molecular weight excluding hydrogens is 260 g/mol. The van der Waals surface area contributed by atoms with Gasteiger partial charge in [-0.25, -0.2) is 0 Å². The minimum absolute atomic E-state index is 0.109. The quantitative estimate of drug-likeness (QED) is 0.804. The van der Waals surface area contributed by atoms with Crippen LogP contribution in [-0.2, 0) is 12.0 Å². The van der Waals surface area contributed by atoms with E-state index in [1.54, 1.807) is 0 Å². The van der Waals surface area contributed by atoms with Crippen molar-refractivity contribution < 1.29 is 0 Å². The number of imidazole rings is 1. The van der Waals surface area contributed by atoms with Gasteiger partial charge in [0.25, 0.3) is 0 Å². The van der Waals surface area contributed by atoms with E-state index in [0.29, 0.717) is 5.92 Å². The fourth-order valence-corrected chi connectivity index (χ4v) is 3.26. The number of aromatic nitrogens is 2. The maximum absolute atomic E-state index is 5.40. The van der Waals surface area contributed by atoms with Crippen molar-refractivity contribution in [3.05, 3.63) is 39.1 Å². The molecule has 2 heterocycles. The van der Waals surface area contributed by atoms with Crippen molar-refractivity contribution in [3.63, 3.8) is 0 Å². The van der Waals surface area contributed by atoms with Crippen LogP contribution in [0, 0.1) is 4.77 Å². The lowest BCUT2D eigenvalue weighted by Gasteiger charge is -2.25. The molecule has 0 saturated heterocycles. The fraction of sp³-hybridized carbons (Fsp3) is 0.500. The Hall–Kier alpha value is -0.870. The lowest BCUT2D eigenvalue weighted by atomic mass is 9.91. The number of thiophene rings is 1. The van der Waals surface area contributed by atoms with E-state index in [1.165, 1.54) is 10.6 Å². The summed E-state index contributed by atoms with van der Waals surface area (Å²) >= 11 is 7.21. The molecule has 2 aromatic rings. The Morgan fingerprint density at radius 1 is 1.44 bits per heavy atom. The van der Waals surface area contributed by atoms with E-state index in [4.69, 9.17) is 12.2 Å². The molecule has 0 fully saturated rings. The number of H-pyrrole nitrogens is 1. The number of hydrogen-bond donors (Lipinski definition) is 1. The molecule has 0 radical (unpaired) electrons. The van der Waals surface area contributed by atoms with E-state index in [-0.39, 0.29) is 5.41 Å². The van der Waals surface area contributed by atoms with Crippen LogP contribution in [0.4, 0.5) is 0 Å². The molecule has 2 nitrogen and oxygen atoms in total. The Bertz CT molecular complexity index is 559. The summed E-state index contributed by atoms with van der Waals surface area (Å²) in [7, 11) is 0. The Labute approximate surface area is 118 Å². The molecule has 18 heavy (non-hydrogen) atoms. The van der Waals surface area contributed by atoms with Crippen LogP contribution < -0.4 is 0 Å². The molecule has 4 heteroatoms. The van der Waals surface area contributed by atoms with Gasteiger partial charge in [-0.1, -0.05) is 33.8 Å². The maximum atomic E-state index is 5.40. The Balaban J connectivity index is 2.35. The van der Waals surface area contributed by atoms with Crippen LogP contribution in [0.2, 0.25) is 0 Å². The zero-order valence-corrected chi connectivity index (χ0v) is 13.0. The number of nitrogens with one attached hydrogen (secondary N) is 1. The molecule has 0 aromatic carbocycles. The summed E-state index contributed by atoms with van der Waals surface area (Å²) in [6, 6.07) is 4.32. The topological polar surface area (TPSA) is 20.7 Å². The van der Waals surface area contributed by atoms with Gasteiger partial charge in [-0.3, -0.25) is 0 Å². The molecule has 98 valence electrons. The first-order valence-corrected chi connectivity index (χ1v) is 7.52. The smallest absolute Gasteiger partial charge is 0.177 e. The molecule has 0 bridgehead atoms. The minimum atomic E-state index is 0.109. The van der Waals surface area contributed by atoms with Gasteiger partial charge in [-0.05, 0) is 29.6 Å². The van der Waals surface area contributed by atoms with Gasteiger partial charge in [0.2, 0.25) is 0 Å². The van der Waals surface area contributed by atoms with Crippen LogP contribution in [0.15, 0.2) is 23.7 Å². The van der Waals surface area contributed by atoms with Gasteiger partial charge < -0.3 is 9.55 Å². The van der Waals surface area contributed by atoms with Crippen LogP contribution in [0.3, 0.4) is 0 Å². The number of aromatic amines is 1. The van der Waals surface area contributed by atoms with Crippen LogP contribution in [0.1, 0.15) is 44.2 Å². The van der Waals surface area contributed by atoms with Crippen molar-refractivity contribution in [2.75, 3.05) is 0 Å². The summed E-state index contributed by atoms with van der Waals surface area (Å²) in [4.78, 5) is 4.57. The van der Waals surface area contributed by atoms with Gasteiger partial charge in [0, 0.05) is 28.7 Å². The monoisotopic (exact) mass is 280 g/mol. The molecule has 0 spiro atoms. The highest BCUT2D eigenvalue weighted by Crippen LogP contribution is 2.30. The summed E-state index contributed by atoms with van der Waals surface area (Å²) in [5.74, 6) is 0.483. The first-order valence-electron chi connectivity index (χ1n) is 6.24. The van der Waals surface area contributed by atoms with Gasteiger partial charge in [-0.15, -0.1) is 11.3 Å². The predicted octanol–water partition coefficient (Wildman–Crippen LogP) is 4.71. The van der Waals surface area contributed by atoms with Gasteiger partial charge in [0.15, 0.2) is 4.77 Å². The second-order valence-electron chi connectivity index (χ2n) is 5.62. The lowest BCUT2D eigenvalue weighted by molar-refractivity contribution is 0.427. The first kappa shape index (κ1) is 13.6. The van der Waals surface area contributed by atoms with Crippen LogP contribution in [0.5, 0.6) is 0 Å². The van der Waals surface area contributed by atoms with Gasteiger partial charge in [0.05, 0.1) is 0 Å². The van der Waals surface area contributed by atoms with Crippen molar-refractivity contribution >= 4 is 23.6 Å². The zero-order valence-electron chi connectivity index (χ0n) is 11.4. The third kappa shape index (κ3) is 2.59. The molecule has 0 aliphatic carbocycles. The highest BCUT2D eigenvalue weighted by atomic mass is 32.1. The van der Waals surface area contributed by atoms with E-state index in [0.717, 1.165) is 11.3 Å². The van der Waals surface area contributed by atoms with E-state index in [1.807, 2.05) is 17.5 Å². The normalized spacial score (nSPS) is 12.3.